The summed E-state index contributed by atoms with van der Waals surface area (Å²) in [5.74, 6) is 2.33. The molecule has 0 saturated carbocycles. The van der Waals surface area contributed by atoms with E-state index in [1.807, 2.05) is 156 Å². The molecule has 0 radical (unpaired) electrons. The van der Waals surface area contributed by atoms with Gasteiger partial charge in [-0.3, -0.25) is 0 Å². The van der Waals surface area contributed by atoms with Crippen molar-refractivity contribution in [1.29, 1.82) is 0 Å². The standard InChI is InChI=1S/C76H76N6O4S6/c1-5-79(6-2)63-31-29-57(51-77-81(59-21-13-9-14-22-59)60-23-15-10-16-24-60)75(49-63)85-53-65(83)55-87-67-33-37-69(38-34-67)89-71-41-45-73(46-42-71)91-92-74-47-43-72(44-48-74)90-70-39-35-68(36-40-70)88-56-66(84)54-86-76-50-64(80(7-3)8-4)32-30-58(76)52-78-82(61-25-17-11-18-26-61)62-27-19-12-20-28-62/h9-52,65-66,83-84H,5-8,53-56H2,1-4H3. The number of ether oxygens (including phenoxy) is 2. The van der Waals surface area contributed by atoms with Gasteiger partial charge in [0.05, 0.1) is 47.4 Å². The maximum atomic E-state index is 11.2. The Balaban J connectivity index is 0.650. The Kier molecular flexibility index (Phi) is 25.9. The van der Waals surface area contributed by atoms with E-state index in [0.717, 1.165) is 91.0 Å². The van der Waals surface area contributed by atoms with E-state index in [2.05, 4.69) is 159 Å². The predicted octanol–water partition coefficient (Wildman–Crippen LogP) is 19.9. The maximum absolute atomic E-state index is 11.2. The Hall–Kier alpha value is -7.64. The van der Waals surface area contributed by atoms with E-state index >= 15 is 0 Å². The Morgan fingerprint density at radius 1 is 0.348 bits per heavy atom. The molecule has 10 aromatic carbocycles. The Morgan fingerprint density at radius 2 is 0.630 bits per heavy atom. The van der Waals surface area contributed by atoms with Crippen LogP contribution in [0.3, 0.4) is 0 Å². The van der Waals surface area contributed by atoms with Gasteiger partial charge in [-0.2, -0.15) is 10.2 Å². The number of rotatable bonds is 33. The maximum Gasteiger partial charge on any atom is 0.130 e. The van der Waals surface area contributed by atoms with E-state index in [0.29, 0.717) is 23.0 Å². The number of aliphatic hydroxyl groups is 2. The molecule has 470 valence electrons. The molecule has 0 saturated heterocycles. The molecule has 0 aromatic heterocycles. The van der Waals surface area contributed by atoms with Gasteiger partial charge >= 0.3 is 0 Å². The largest absolute Gasteiger partial charge is 0.490 e. The van der Waals surface area contributed by atoms with Crippen LogP contribution in [-0.4, -0.2) is 85.7 Å². The fraction of sp³-hybridized carbons (Fsp3) is 0.184. The molecular weight excluding hydrogens is 1250 g/mol. The second kappa shape index (κ2) is 35.4. The minimum absolute atomic E-state index is 0.147. The van der Waals surface area contributed by atoms with Gasteiger partial charge in [0.1, 0.15) is 24.7 Å². The van der Waals surface area contributed by atoms with Gasteiger partial charge in [-0.05, 0) is 198 Å². The molecule has 2 N–H and O–H groups in total. The molecule has 92 heavy (non-hydrogen) atoms. The summed E-state index contributed by atoms with van der Waals surface area (Å²) in [6.07, 6.45) is 2.29. The number of hydrazone groups is 2. The van der Waals surface area contributed by atoms with E-state index in [9.17, 15) is 10.2 Å². The first-order valence-corrected chi connectivity index (χ1v) is 36.6. The monoisotopic (exact) mass is 1330 g/mol. The van der Waals surface area contributed by atoms with Crippen molar-refractivity contribution in [2.75, 3.05) is 70.7 Å². The van der Waals surface area contributed by atoms with E-state index in [1.54, 1.807) is 68.6 Å². The fourth-order valence-electron chi connectivity index (χ4n) is 9.72. The van der Waals surface area contributed by atoms with Gasteiger partial charge in [0, 0.05) is 111 Å². The minimum atomic E-state index is -0.687. The first-order valence-electron chi connectivity index (χ1n) is 30.8. The third-order valence-corrected chi connectivity index (χ3v) is 21.4. The third kappa shape index (κ3) is 19.9. The highest BCUT2D eigenvalue weighted by molar-refractivity contribution is 8.76. The fourth-order valence-corrected chi connectivity index (χ4v) is 14.9. The van der Waals surface area contributed by atoms with Gasteiger partial charge in [-0.25, -0.2) is 10.0 Å². The summed E-state index contributed by atoms with van der Waals surface area (Å²) in [5.41, 5.74) is 7.56. The Labute approximate surface area is 568 Å². The van der Waals surface area contributed by atoms with Crippen molar-refractivity contribution >= 4 is 115 Å². The molecule has 2 atom stereocenters. The van der Waals surface area contributed by atoms with Gasteiger partial charge < -0.3 is 29.5 Å². The second-order valence-electron chi connectivity index (χ2n) is 21.1. The molecular formula is C76H76N6O4S6. The van der Waals surface area contributed by atoms with Crippen molar-refractivity contribution in [3.8, 4) is 11.5 Å². The first-order chi connectivity index (χ1) is 45.2. The highest BCUT2D eigenvalue weighted by Crippen LogP contribution is 2.41. The molecule has 0 amide bonds. The summed E-state index contributed by atoms with van der Waals surface area (Å²) in [6, 6.07) is 87.2. The van der Waals surface area contributed by atoms with Gasteiger partial charge in [0.2, 0.25) is 0 Å². The molecule has 10 rings (SSSR count). The zero-order chi connectivity index (χ0) is 63.7. The SMILES string of the molecule is CCN(CC)c1ccc(C=NN(c2ccccc2)c2ccccc2)c(OCC(O)CSc2ccc(Sc3ccc(SSc4ccc(Sc5ccc(SCC(O)COc6cc(N(CC)CC)ccc6C=NN(c6ccccc6)c6ccccc6)cc5)cc4)cc3)cc2)c1. The molecule has 0 spiro atoms. The zero-order valence-electron chi connectivity index (χ0n) is 52.1. The number of thioether (sulfide) groups is 2. The molecule has 2 unspecified atom stereocenters. The summed E-state index contributed by atoms with van der Waals surface area (Å²) in [5, 5.41) is 36.1. The van der Waals surface area contributed by atoms with Gasteiger partial charge in [-0.15, -0.1) is 23.5 Å². The topological polar surface area (TPSA) is 96.6 Å². The van der Waals surface area contributed by atoms with Crippen molar-refractivity contribution < 1.29 is 19.7 Å². The van der Waals surface area contributed by atoms with Gasteiger partial charge in [0.25, 0.3) is 0 Å². The van der Waals surface area contributed by atoms with Crippen LogP contribution in [-0.2, 0) is 0 Å². The zero-order valence-corrected chi connectivity index (χ0v) is 57.0. The molecule has 10 nitrogen and oxygen atoms in total. The summed E-state index contributed by atoms with van der Waals surface area (Å²) in [4.78, 5) is 13.8. The summed E-state index contributed by atoms with van der Waals surface area (Å²) < 4.78 is 12.8. The van der Waals surface area contributed by atoms with Crippen LogP contribution in [0, 0.1) is 0 Å². The number of benzene rings is 10. The van der Waals surface area contributed by atoms with E-state index < -0.39 is 12.2 Å². The van der Waals surface area contributed by atoms with Crippen LogP contribution in [0.1, 0.15) is 38.8 Å². The van der Waals surface area contributed by atoms with E-state index in [-0.39, 0.29) is 13.2 Å². The lowest BCUT2D eigenvalue weighted by Gasteiger charge is -2.23. The van der Waals surface area contributed by atoms with E-state index in [1.165, 1.54) is 19.6 Å². The number of anilines is 6. The quantitative estimate of drug-likeness (QED) is 0.0177. The molecule has 16 heteroatoms. The van der Waals surface area contributed by atoms with Crippen molar-refractivity contribution in [2.45, 2.75) is 79.1 Å². The minimum Gasteiger partial charge on any atom is -0.490 e. The van der Waals surface area contributed by atoms with Crippen LogP contribution in [0.25, 0.3) is 0 Å². The van der Waals surface area contributed by atoms with Gasteiger partial charge in [0.15, 0.2) is 0 Å². The summed E-state index contributed by atoms with van der Waals surface area (Å²) in [6.45, 7) is 12.4. The van der Waals surface area contributed by atoms with Crippen molar-refractivity contribution in [3.05, 3.63) is 266 Å². The van der Waals surface area contributed by atoms with E-state index in [4.69, 9.17) is 19.7 Å². The Bertz CT molecular complexity index is 3540. The highest BCUT2D eigenvalue weighted by Gasteiger charge is 2.17. The highest BCUT2D eigenvalue weighted by atomic mass is 33.1. The molecule has 0 fully saturated rings. The van der Waals surface area contributed by atoms with Crippen LogP contribution in [0.4, 0.5) is 34.1 Å². The number of hydrogen-bond donors (Lipinski definition) is 2. The average molecular weight is 1330 g/mol. The second-order valence-corrected chi connectivity index (χ2v) is 27.8. The molecule has 0 aliphatic rings. The van der Waals surface area contributed by atoms with Crippen LogP contribution in [0.5, 0.6) is 11.5 Å². The van der Waals surface area contributed by atoms with Crippen LogP contribution in [0.15, 0.2) is 304 Å². The van der Waals surface area contributed by atoms with Crippen molar-refractivity contribution in [1.82, 2.24) is 0 Å². The van der Waals surface area contributed by atoms with Crippen molar-refractivity contribution in [3.63, 3.8) is 0 Å². The molecule has 0 heterocycles. The molecule has 0 bridgehead atoms. The predicted molar refractivity (Wildman–Crippen MR) is 395 cm³/mol. The molecule has 10 aromatic rings. The number of aliphatic hydroxyl groups excluding tert-OH is 2. The lowest BCUT2D eigenvalue weighted by atomic mass is 10.1. The number of nitrogens with zero attached hydrogens (tertiary/aromatic N) is 6. The number of para-hydroxylation sites is 4. The smallest absolute Gasteiger partial charge is 0.130 e. The van der Waals surface area contributed by atoms with Crippen molar-refractivity contribution in [2.24, 2.45) is 10.2 Å². The van der Waals surface area contributed by atoms with Gasteiger partial charge in [-0.1, -0.05) is 118 Å². The first kappa shape index (κ1) is 67.3. The third-order valence-electron chi connectivity index (χ3n) is 14.6. The van der Waals surface area contributed by atoms with Crippen LogP contribution in [0.2, 0.25) is 0 Å². The summed E-state index contributed by atoms with van der Waals surface area (Å²) in [7, 11) is 3.51. The summed E-state index contributed by atoms with van der Waals surface area (Å²) >= 11 is 6.71. The average Bonchev–Trinajstić information content (AvgIpc) is 1.17. The van der Waals surface area contributed by atoms with Crippen LogP contribution >= 0.6 is 68.6 Å². The lowest BCUT2D eigenvalue weighted by Crippen LogP contribution is -2.23. The lowest BCUT2D eigenvalue weighted by molar-refractivity contribution is 0.126. The normalized spacial score (nSPS) is 12.0. The number of hydrogen-bond acceptors (Lipinski definition) is 16. The molecule has 0 aliphatic heterocycles. The van der Waals surface area contributed by atoms with Crippen LogP contribution < -0.4 is 29.3 Å². The molecule has 0 aliphatic carbocycles. The Morgan fingerprint density at radius 3 is 0.924 bits per heavy atom.